The van der Waals surface area contributed by atoms with Crippen LogP contribution in [0.5, 0.6) is 0 Å². The number of allylic oxidation sites excluding steroid dienone is 1. The minimum absolute atomic E-state index is 0.864. The summed E-state index contributed by atoms with van der Waals surface area (Å²) >= 11 is 0. The Morgan fingerprint density at radius 1 is 0.344 bits per heavy atom. The van der Waals surface area contributed by atoms with Gasteiger partial charge >= 0.3 is 0 Å². The molecule has 1 aromatic heterocycles. The summed E-state index contributed by atoms with van der Waals surface area (Å²) in [6, 6.07) is 74.7. The normalized spacial score (nSPS) is 11.8. The fraction of sp³-hybridized carbons (Fsp3) is 0.0159. The van der Waals surface area contributed by atoms with Gasteiger partial charge in [-0.25, -0.2) is 0 Å². The summed E-state index contributed by atoms with van der Waals surface area (Å²) in [7, 11) is 0. The fourth-order valence-corrected chi connectivity index (χ4v) is 10.5. The number of hydrogen-bond acceptors (Lipinski definition) is 1. The van der Waals surface area contributed by atoms with Gasteiger partial charge in [-0.2, -0.15) is 0 Å². The highest BCUT2D eigenvalue weighted by Gasteiger charge is 2.24. The zero-order valence-electron chi connectivity index (χ0n) is 35.5. The Bertz CT molecular complexity index is 3790. The monoisotopic (exact) mass is 814 g/mol. The molecule has 0 spiro atoms. The molecular formula is C63H42O. The van der Waals surface area contributed by atoms with E-state index in [0.29, 0.717) is 0 Å². The average molecular weight is 815 g/mol. The second-order valence-corrected chi connectivity index (χ2v) is 16.6. The maximum atomic E-state index is 7.01. The maximum Gasteiger partial charge on any atom is 0.143 e. The van der Waals surface area contributed by atoms with E-state index in [0.717, 1.165) is 55.1 Å². The van der Waals surface area contributed by atoms with Crippen LogP contribution in [-0.4, -0.2) is 0 Å². The van der Waals surface area contributed by atoms with E-state index in [4.69, 9.17) is 4.42 Å². The Hall–Kier alpha value is -8.26. The number of hydrogen-bond donors (Lipinski definition) is 0. The molecule has 1 heterocycles. The van der Waals surface area contributed by atoms with Crippen LogP contribution in [0.2, 0.25) is 0 Å². The molecule has 0 N–H and O–H groups in total. The van der Waals surface area contributed by atoms with Crippen LogP contribution in [0.25, 0.3) is 133 Å². The minimum Gasteiger partial charge on any atom is -0.455 e. The first kappa shape index (κ1) is 37.5. The molecule has 0 bridgehead atoms. The van der Waals surface area contributed by atoms with Crippen LogP contribution < -0.4 is 0 Å². The number of rotatable bonds is 7. The molecule has 0 aliphatic heterocycles. The molecule has 300 valence electrons. The molecule has 0 fully saturated rings. The van der Waals surface area contributed by atoms with Gasteiger partial charge in [0.05, 0.1) is 0 Å². The second kappa shape index (κ2) is 15.3. The number of benzene rings is 11. The Kier molecular flexibility index (Phi) is 8.95. The van der Waals surface area contributed by atoms with Gasteiger partial charge in [-0.1, -0.05) is 219 Å². The first-order valence-electron chi connectivity index (χ1n) is 22.1. The largest absolute Gasteiger partial charge is 0.455 e. The summed E-state index contributed by atoms with van der Waals surface area (Å²) in [5, 5.41) is 11.9. The van der Waals surface area contributed by atoms with E-state index in [9.17, 15) is 0 Å². The number of fused-ring (bicyclic) bond motifs is 7. The summed E-state index contributed by atoms with van der Waals surface area (Å²) in [5.41, 5.74) is 15.8. The maximum absolute atomic E-state index is 7.01. The molecule has 1 nitrogen and oxygen atoms in total. The van der Waals surface area contributed by atoms with E-state index in [2.05, 4.69) is 232 Å². The van der Waals surface area contributed by atoms with Crippen LogP contribution in [0, 0.1) is 0 Å². The van der Waals surface area contributed by atoms with Gasteiger partial charge in [-0.3, -0.25) is 0 Å². The van der Waals surface area contributed by atoms with E-state index >= 15 is 0 Å². The SMILES string of the molecule is C=Cc1c(/C=C\C)c(-c2cccc3c2oc2ccc(-c4c5ccccc5c(-c5ccccc5)c5ccccc45)cc23)c2ccccc2c1-c1ccc(-c2ccccc2)c2ccccc12. The van der Waals surface area contributed by atoms with E-state index in [1.807, 2.05) is 6.08 Å². The third-order valence-corrected chi connectivity index (χ3v) is 13.2. The Morgan fingerprint density at radius 2 is 0.812 bits per heavy atom. The second-order valence-electron chi connectivity index (χ2n) is 16.6. The summed E-state index contributed by atoms with van der Waals surface area (Å²) in [6.07, 6.45) is 6.44. The molecule has 11 aromatic carbocycles. The first-order chi connectivity index (χ1) is 31.7. The molecule has 1 heteroatoms. The van der Waals surface area contributed by atoms with Gasteiger partial charge in [0, 0.05) is 21.9 Å². The highest BCUT2D eigenvalue weighted by molar-refractivity contribution is 6.23. The van der Waals surface area contributed by atoms with Crippen molar-refractivity contribution in [2.45, 2.75) is 6.92 Å². The molecule has 0 radical (unpaired) electrons. The molecule has 0 saturated heterocycles. The lowest BCUT2D eigenvalue weighted by molar-refractivity contribution is 0.670. The predicted octanol–water partition coefficient (Wildman–Crippen LogP) is 18.2. The Balaban J connectivity index is 1.10. The summed E-state index contributed by atoms with van der Waals surface area (Å²) in [5.74, 6) is 0. The van der Waals surface area contributed by atoms with Crippen molar-refractivity contribution in [3.05, 3.63) is 230 Å². The van der Waals surface area contributed by atoms with Crippen LogP contribution in [0.3, 0.4) is 0 Å². The van der Waals surface area contributed by atoms with Gasteiger partial charge in [0.1, 0.15) is 11.2 Å². The van der Waals surface area contributed by atoms with Crippen molar-refractivity contribution >= 4 is 77.2 Å². The lowest BCUT2D eigenvalue weighted by atomic mass is 9.81. The van der Waals surface area contributed by atoms with Crippen molar-refractivity contribution in [3.8, 4) is 55.6 Å². The predicted molar refractivity (Wildman–Crippen MR) is 276 cm³/mol. The third kappa shape index (κ3) is 5.79. The highest BCUT2D eigenvalue weighted by Crippen LogP contribution is 2.49. The quantitative estimate of drug-likeness (QED) is 0.146. The van der Waals surface area contributed by atoms with Crippen molar-refractivity contribution < 1.29 is 4.42 Å². The van der Waals surface area contributed by atoms with Crippen LogP contribution >= 0.6 is 0 Å². The Labute approximate surface area is 372 Å². The molecule has 0 atom stereocenters. The summed E-state index contributed by atoms with van der Waals surface area (Å²) in [4.78, 5) is 0. The van der Waals surface area contributed by atoms with Gasteiger partial charge in [0.2, 0.25) is 0 Å². The Morgan fingerprint density at radius 3 is 1.39 bits per heavy atom. The molecule has 0 aliphatic rings. The van der Waals surface area contributed by atoms with Crippen molar-refractivity contribution in [1.82, 2.24) is 0 Å². The zero-order chi connectivity index (χ0) is 42.7. The molecule has 0 unspecified atom stereocenters. The molecule has 12 aromatic rings. The van der Waals surface area contributed by atoms with Crippen LogP contribution in [-0.2, 0) is 0 Å². The smallest absolute Gasteiger partial charge is 0.143 e. The van der Waals surface area contributed by atoms with E-state index < -0.39 is 0 Å². The molecular weight excluding hydrogens is 773 g/mol. The number of para-hydroxylation sites is 1. The van der Waals surface area contributed by atoms with Crippen molar-refractivity contribution in [2.24, 2.45) is 0 Å². The lowest BCUT2D eigenvalue weighted by Gasteiger charge is -2.22. The molecule has 0 aliphatic carbocycles. The molecule has 0 saturated carbocycles. The molecule has 12 rings (SSSR count). The average Bonchev–Trinajstić information content (AvgIpc) is 3.74. The van der Waals surface area contributed by atoms with E-state index in [1.165, 1.54) is 76.6 Å². The van der Waals surface area contributed by atoms with Crippen molar-refractivity contribution in [1.29, 1.82) is 0 Å². The van der Waals surface area contributed by atoms with Gasteiger partial charge in [-0.15, -0.1) is 0 Å². The van der Waals surface area contributed by atoms with Crippen molar-refractivity contribution in [3.63, 3.8) is 0 Å². The fourth-order valence-electron chi connectivity index (χ4n) is 10.5. The standard InChI is InChI=1S/C63H42O/c1-3-20-47-43(4-2)61(54-37-36-44(40-21-7-5-8-22-40)45-25-11-12-26-46(45)54)52-31-17-18-32-53(52)62(47)56-34-19-33-55-57-39-42(35-38-58(57)64-63(55)56)60-50-29-15-13-27-48(50)59(41-23-9-6-10-24-41)49-28-14-16-30-51(49)60/h3-39H,2H2,1H3/b20-3-. The molecule has 0 amide bonds. The minimum atomic E-state index is 0.864. The third-order valence-electron chi connectivity index (χ3n) is 13.2. The number of furan rings is 1. The van der Waals surface area contributed by atoms with Gasteiger partial charge in [0.15, 0.2) is 0 Å². The lowest BCUT2D eigenvalue weighted by Crippen LogP contribution is -1.97. The van der Waals surface area contributed by atoms with Crippen LogP contribution in [0.1, 0.15) is 18.1 Å². The van der Waals surface area contributed by atoms with Crippen LogP contribution in [0.15, 0.2) is 223 Å². The van der Waals surface area contributed by atoms with Gasteiger partial charge in [-0.05, 0) is 118 Å². The van der Waals surface area contributed by atoms with Crippen LogP contribution in [0.4, 0.5) is 0 Å². The summed E-state index contributed by atoms with van der Waals surface area (Å²) < 4.78 is 7.01. The zero-order valence-corrected chi connectivity index (χ0v) is 35.5. The van der Waals surface area contributed by atoms with Gasteiger partial charge < -0.3 is 4.42 Å². The summed E-state index contributed by atoms with van der Waals surface area (Å²) in [6.45, 7) is 6.59. The molecule has 64 heavy (non-hydrogen) atoms. The first-order valence-corrected chi connectivity index (χ1v) is 22.1. The van der Waals surface area contributed by atoms with Crippen molar-refractivity contribution in [2.75, 3.05) is 0 Å². The van der Waals surface area contributed by atoms with E-state index in [1.54, 1.807) is 0 Å². The van der Waals surface area contributed by atoms with Gasteiger partial charge in [0.25, 0.3) is 0 Å². The highest BCUT2D eigenvalue weighted by atomic mass is 16.3. The topological polar surface area (TPSA) is 13.1 Å². The van der Waals surface area contributed by atoms with E-state index in [-0.39, 0.29) is 0 Å².